The van der Waals surface area contributed by atoms with Gasteiger partial charge < -0.3 is 9.47 Å². The Hall–Kier alpha value is -1.76. The van der Waals surface area contributed by atoms with Crippen molar-refractivity contribution in [2.24, 2.45) is 11.1 Å². The molecule has 0 bridgehead atoms. The highest BCUT2D eigenvalue weighted by Crippen LogP contribution is 2.31. The second kappa shape index (κ2) is 5.32. The van der Waals surface area contributed by atoms with E-state index in [0.29, 0.717) is 18.3 Å². The number of rotatable bonds is 2. The lowest BCUT2D eigenvalue weighted by molar-refractivity contribution is -0.0383. The van der Waals surface area contributed by atoms with Gasteiger partial charge in [0.1, 0.15) is 6.10 Å². The molecule has 1 amide bonds. The fourth-order valence-corrected chi connectivity index (χ4v) is 2.97. The van der Waals surface area contributed by atoms with E-state index in [4.69, 9.17) is 9.47 Å². The zero-order valence-electron chi connectivity index (χ0n) is 11.3. The molecule has 0 N–H and O–H groups in total. The summed E-state index contributed by atoms with van der Waals surface area (Å²) in [6.45, 7) is 3.54. The molecular weight excluding hydrogens is 262 g/mol. The molecule has 3 rings (SSSR count). The van der Waals surface area contributed by atoms with Crippen LogP contribution in [0.25, 0.3) is 0 Å². The van der Waals surface area contributed by atoms with Crippen LogP contribution in [0.4, 0.5) is 0 Å². The molecular formula is C13H17N3O4. The molecule has 1 saturated heterocycles. The summed E-state index contributed by atoms with van der Waals surface area (Å²) in [5, 5.41) is 6.42. The molecule has 1 fully saturated rings. The zero-order chi connectivity index (χ0) is 14.1. The third kappa shape index (κ3) is 2.45. The first-order chi connectivity index (χ1) is 9.67. The number of amides is 1. The van der Waals surface area contributed by atoms with Crippen molar-refractivity contribution in [3.8, 4) is 5.88 Å². The molecule has 3 atom stereocenters. The highest BCUT2D eigenvalue weighted by atomic mass is 16.5. The molecule has 1 aromatic rings. The number of aryl methyl sites for hydroxylation is 1. The zero-order valence-corrected chi connectivity index (χ0v) is 11.3. The van der Waals surface area contributed by atoms with Gasteiger partial charge in [-0.2, -0.15) is 5.10 Å². The number of aromatic nitrogens is 2. The summed E-state index contributed by atoms with van der Waals surface area (Å²) in [5.74, 6) is 0.157. The number of hydrogen-bond acceptors (Lipinski definition) is 5. The Morgan fingerprint density at radius 2 is 2.35 bits per heavy atom. The standard InChI is InChI=1S/C13H17N3O4/c1-8-6-9(3-5-19-8)11-2-4-16-12(20-11)7-10(14-16)13(17)15-18/h7-9,11H,2-6H2,1H3. The maximum Gasteiger partial charge on any atom is 0.337 e. The van der Waals surface area contributed by atoms with Gasteiger partial charge in [0.05, 0.1) is 6.10 Å². The number of hydrogen-bond donors (Lipinski definition) is 0. The third-order valence-corrected chi connectivity index (χ3v) is 3.99. The largest absolute Gasteiger partial charge is 0.474 e. The number of ether oxygens (including phenoxy) is 2. The van der Waals surface area contributed by atoms with E-state index in [1.807, 2.05) is 0 Å². The first-order valence-electron chi connectivity index (χ1n) is 6.91. The fourth-order valence-electron chi connectivity index (χ4n) is 2.97. The second-order valence-electron chi connectivity index (χ2n) is 5.40. The van der Waals surface area contributed by atoms with Crippen LogP contribution in [-0.4, -0.2) is 34.5 Å². The summed E-state index contributed by atoms with van der Waals surface area (Å²) >= 11 is 0. The molecule has 0 spiro atoms. The van der Waals surface area contributed by atoms with E-state index >= 15 is 0 Å². The molecule has 0 radical (unpaired) electrons. The molecule has 0 aliphatic carbocycles. The molecule has 20 heavy (non-hydrogen) atoms. The number of carbonyl (C=O) groups is 1. The molecule has 1 aromatic heterocycles. The minimum Gasteiger partial charge on any atom is -0.474 e. The van der Waals surface area contributed by atoms with Crippen LogP contribution >= 0.6 is 0 Å². The van der Waals surface area contributed by atoms with Crippen molar-refractivity contribution in [2.45, 2.75) is 44.9 Å². The quantitative estimate of drug-likeness (QED) is 0.770. The smallest absolute Gasteiger partial charge is 0.337 e. The molecule has 7 heteroatoms. The molecule has 0 aromatic carbocycles. The summed E-state index contributed by atoms with van der Waals surface area (Å²) in [4.78, 5) is 21.5. The maximum atomic E-state index is 11.2. The Labute approximate surface area is 116 Å². The lowest BCUT2D eigenvalue weighted by Gasteiger charge is -2.35. The predicted octanol–water partition coefficient (Wildman–Crippen LogP) is 1.76. The van der Waals surface area contributed by atoms with Crippen LogP contribution in [0.3, 0.4) is 0 Å². The van der Waals surface area contributed by atoms with Crippen LogP contribution in [0.1, 0.15) is 36.7 Å². The Bertz CT molecular complexity index is 528. The van der Waals surface area contributed by atoms with Gasteiger partial charge in [-0.15, -0.1) is 4.91 Å². The Balaban J connectivity index is 1.73. The number of fused-ring (bicyclic) bond motifs is 1. The van der Waals surface area contributed by atoms with Crippen LogP contribution in [0.2, 0.25) is 0 Å². The lowest BCUT2D eigenvalue weighted by Crippen LogP contribution is -2.38. The molecule has 108 valence electrons. The Morgan fingerprint density at radius 1 is 1.50 bits per heavy atom. The van der Waals surface area contributed by atoms with E-state index in [1.165, 1.54) is 6.07 Å². The molecule has 3 unspecified atom stereocenters. The highest BCUT2D eigenvalue weighted by molar-refractivity contribution is 5.93. The topological polar surface area (TPSA) is 82.8 Å². The van der Waals surface area contributed by atoms with Crippen molar-refractivity contribution in [1.82, 2.24) is 9.78 Å². The predicted molar refractivity (Wildman–Crippen MR) is 69.5 cm³/mol. The summed E-state index contributed by atoms with van der Waals surface area (Å²) in [7, 11) is 0. The average molecular weight is 279 g/mol. The molecule has 0 saturated carbocycles. The highest BCUT2D eigenvalue weighted by Gasteiger charge is 2.32. The summed E-state index contributed by atoms with van der Waals surface area (Å²) in [6.07, 6.45) is 3.22. The van der Waals surface area contributed by atoms with Gasteiger partial charge in [-0.1, -0.05) is 0 Å². The molecule has 2 aliphatic rings. The van der Waals surface area contributed by atoms with Gasteiger partial charge in [0.15, 0.2) is 5.69 Å². The van der Waals surface area contributed by atoms with Crippen LogP contribution in [0.5, 0.6) is 5.88 Å². The van der Waals surface area contributed by atoms with Crippen LogP contribution < -0.4 is 4.74 Å². The van der Waals surface area contributed by atoms with Crippen LogP contribution in [0, 0.1) is 10.8 Å². The summed E-state index contributed by atoms with van der Waals surface area (Å²) < 4.78 is 13.1. The van der Waals surface area contributed by atoms with Gasteiger partial charge in [0, 0.05) is 36.7 Å². The van der Waals surface area contributed by atoms with E-state index in [0.717, 1.165) is 25.9 Å². The van der Waals surface area contributed by atoms with Gasteiger partial charge in [0.25, 0.3) is 0 Å². The van der Waals surface area contributed by atoms with Gasteiger partial charge in [-0.3, -0.25) is 4.79 Å². The number of carbonyl (C=O) groups excluding carboxylic acids is 1. The molecule has 7 nitrogen and oxygen atoms in total. The SMILES string of the molecule is CC1CC(C2CCn3nc(C(=O)N=O)cc3O2)CCO1. The third-order valence-electron chi connectivity index (χ3n) is 3.99. The first-order valence-corrected chi connectivity index (χ1v) is 6.91. The molecule has 2 aliphatic heterocycles. The maximum absolute atomic E-state index is 11.2. The van der Waals surface area contributed by atoms with Crippen molar-refractivity contribution in [2.75, 3.05) is 6.61 Å². The number of nitroso groups, excluding NO2 is 1. The van der Waals surface area contributed by atoms with E-state index in [2.05, 4.69) is 17.2 Å². The minimum atomic E-state index is -0.855. The summed E-state index contributed by atoms with van der Waals surface area (Å²) in [5.41, 5.74) is 0.0518. The van der Waals surface area contributed by atoms with Crippen molar-refractivity contribution in [3.05, 3.63) is 16.7 Å². The van der Waals surface area contributed by atoms with E-state index in [-0.39, 0.29) is 17.9 Å². The van der Waals surface area contributed by atoms with Gasteiger partial charge in [-0.25, -0.2) is 4.68 Å². The first kappa shape index (κ1) is 13.2. The van der Waals surface area contributed by atoms with Crippen LogP contribution in [0.15, 0.2) is 11.2 Å². The monoisotopic (exact) mass is 279 g/mol. The Kier molecular flexibility index (Phi) is 3.52. The van der Waals surface area contributed by atoms with E-state index in [1.54, 1.807) is 4.68 Å². The average Bonchev–Trinajstić information content (AvgIpc) is 2.89. The Morgan fingerprint density at radius 3 is 3.10 bits per heavy atom. The molecule has 3 heterocycles. The van der Waals surface area contributed by atoms with Crippen molar-refractivity contribution >= 4 is 5.91 Å². The van der Waals surface area contributed by atoms with Gasteiger partial charge in [0.2, 0.25) is 5.88 Å². The van der Waals surface area contributed by atoms with Gasteiger partial charge >= 0.3 is 5.91 Å². The van der Waals surface area contributed by atoms with Crippen molar-refractivity contribution in [3.63, 3.8) is 0 Å². The second-order valence-corrected chi connectivity index (χ2v) is 5.40. The van der Waals surface area contributed by atoms with Crippen LogP contribution in [-0.2, 0) is 11.3 Å². The normalized spacial score (nSPS) is 29.4. The fraction of sp³-hybridized carbons (Fsp3) is 0.692. The van der Waals surface area contributed by atoms with E-state index < -0.39 is 5.91 Å². The summed E-state index contributed by atoms with van der Waals surface area (Å²) in [6, 6.07) is 1.50. The van der Waals surface area contributed by atoms with E-state index in [9.17, 15) is 9.70 Å². The van der Waals surface area contributed by atoms with Crippen molar-refractivity contribution in [1.29, 1.82) is 0 Å². The lowest BCUT2D eigenvalue weighted by atomic mass is 9.88. The minimum absolute atomic E-state index is 0.0518. The van der Waals surface area contributed by atoms with Crippen molar-refractivity contribution < 1.29 is 14.3 Å². The van der Waals surface area contributed by atoms with Gasteiger partial charge in [-0.05, 0) is 19.8 Å². The number of nitrogens with zero attached hydrogens (tertiary/aromatic N) is 3.